The van der Waals surface area contributed by atoms with E-state index >= 15 is 0 Å². The molecule has 0 bridgehead atoms. The molecule has 0 radical (unpaired) electrons. The van der Waals surface area contributed by atoms with Gasteiger partial charge in [0.1, 0.15) is 0 Å². The maximum atomic E-state index is 11.7. The molecule has 0 saturated carbocycles. The van der Waals surface area contributed by atoms with Crippen molar-refractivity contribution in [2.75, 3.05) is 11.9 Å². The van der Waals surface area contributed by atoms with Gasteiger partial charge in [-0.3, -0.25) is 9.59 Å². The summed E-state index contributed by atoms with van der Waals surface area (Å²) in [5, 5.41) is 7.04. The number of aryl methyl sites for hydroxylation is 1. The van der Waals surface area contributed by atoms with Gasteiger partial charge in [-0.05, 0) is 53.1 Å². The number of amides is 1. The van der Waals surface area contributed by atoms with Crippen LogP contribution in [0.3, 0.4) is 0 Å². The third-order valence-corrected chi connectivity index (χ3v) is 3.72. The van der Waals surface area contributed by atoms with Crippen LogP contribution in [-0.2, 0) is 20.7 Å². The van der Waals surface area contributed by atoms with E-state index < -0.39 is 5.97 Å². The molecule has 1 heterocycles. The van der Waals surface area contributed by atoms with Crippen LogP contribution >= 0.6 is 22.9 Å². The zero-order chi connectivity index (χ0) is 15.2. The minimum Gasteiger partial charge on any atom is -0.455 e. The number of thiophene rings is 1. The summed E-state index contributed by atoms with van der Waals surface area (Å²) in [5.41, 5.74) is 2.39. The van der Waals surface area contributed by atoms with Gasteiger partial charge in [-0.1, -0.05) is 11.6 Å². The van der Waals surface area contributed by atoms with Crippen molar-refractivity contribution >= 4 is 40.5 Å². The van der Waals surface area contributed by atoms with Crippen molar-refractivity contribution in [3.8, 4) is 0 Å². The highest BCUT2D eigenvalue weighted by atomic mass is 35.5. The second kappa shape index (κ2) is 7.24. The molecule has 6 heteroatoms. The number of carbonyl (C=O) groups excluding carboxylic acids is 2. The van der Waals surface area contributed by atoms with Crippen LogP contribution < -0.4 is 5.32 Å². The smallest absolute Gasteiger partial charge is 0.310 e. The molecule has 0 saturated heterocycles. The first-order valence-electron chi connectivity index (χ1n) is 6.27. The largest absolute Gasteiger partial charge is 0.455 e. The summed E-state index contributed by atoms with van der Waals surface area (Å²) in [4.78, 5) is 23.3. The van der Waals surface area contributed by atoms with E-state index in [1.165, 1.54) is 11.3 Å². The minimum absolute atomic E-state index is 0.177. The van der Waals surface area contributed by atoms with Gasteiger partial charge in [0.05, 0.1) is 6.42 Å². The lowest BCUT2D eigenvalue weighted by Crippen LogP contribution is -2.21. The Bertz CT molecular complexity index is 640. The lowest BCUT2D eigenvalue weighted by atomic mass is 10.2. The number of carbonyl (C=O) groups is 2. The van der Waals surface area contributed by atoms with Crippen LogP contribution in [0, 0.1) is 6.92 Å². The van der Waals surface area contributed by atoms with E-state index in [1.807, 2.05) is 23.8 Å². The quantitative estimate of drug-likeness (QED) is 0.858. The summed E-state index contributed by atoms with van der Waals surface area (Å²) in [6.45, 7) is 1.54. The van der Waals surface area contributed by atoms with Gasteiger partial charge < -0.3 is 10.1 Å². The Hall–Kier alpha value is -1.85. The molecule has 4 nitrogen and oxygen atoms in total. The van der Waals surface area contributed by atoms with E-state index in [0.29, 0.717) is 10.7 Å². The zero-order valence-electron chi connectivity index (χ0n) is 11.4. The fraction of sp³-hybridized carbons (Fsp3) is 0.200. The highest BCUT2D eigenvalue weighted by Gasteiger charge is 2.10. The molecule has 110 valence electrons. The van der Waals surface area contributed by atoms with Crippen molar-refractivity contribution in [2.45, 2.75) is 13.3 Å². The van der Waals surface area contributed by atoms with E-state index in [1.54, 1.807) is 18.2 Å². The first-order chi connectivity index (χ1) is 10.0. The van der Waals surface area contributed by atoms with Gasteiger partial charge in [0.15, 0.2) is 6.61 Å². The summed E-state index contributed by atoms with van der Waals surface area (Å²) >= 11 is 7.36. The fourth-order valence-electron chi connectivity index (χ4n) is 1.71. The average Bonchev–Trinajstić information content (AvgIpc) is 2.92. The molecule has 1 N–H and O–H groups in total. The summed E-state index contributed by atoms with van der Waals surface area (Å²) in [7, 11) is 0. The molecule has 0 atom stereocenters. The highest BCUT2D eigenvalue weighted by molar-refractivity contribution is 7.07. The topological polar surface area (TPSA) is 55.4 Å². The molecule has 0 fully saturated rings. The molecule has 1 aromatic carbocycles. The Kier molecular flexibility index (Phi) is 5.36. The molecule has 21 heavy (non-hydrogen) atoms. The predicted molar refractivity (Wildman–Crippen MR) is 83.8 cm³/mol. The fourth-order valence-corrected chi connectivity index (χ4v) is 2.61. The van der Waals surface area contributed by atoms with E-state index in [2.05, 4.69) is 5.32 Å². The summed E-state index contributed by atoms with van der Waals surface area (Å²) in [6.07, 6.45) is 0.177. The van der Waals surface area contributed by atoms with Gasteiger partial charge in [-0.2, -0.15) is 11.3 Å². The SMILES string of the molecule is Cc1cc(Cl)ccc1NC(=O)COC(=O)Cc1ccsc1. The number of nitrogens with one attached hydrogen (secondary N) is 1. The van der Waals surface area contributed by atoms with Crippen molar-refractivity contribution in [3.63, 3.8) is 0 Å². The van der Waals surface area contributed by atoms with Gasteiger partial charge in [0.2, 0.25) is 0 Å². The second-order valence-corrected chi connectivity index (χ2v) is 5.69. The van der Waals surface area contributed by atoms with Gasteiger partial charge in [0, 0.05) is 10.7 Å². The molecule has 2 aromatic rings. The number of benzene rings is 1. The van der Waals surface area contributed by atoms with E-state index in [-0.39, 0.29) is 18.9 Å². The lowest BCUT2D eigenvalue weighted by molar-refractivity contribution is -0.146. The molecule has 0 aliphatic heterocycles. The first kappa shape index (κ1) is 15.5. The van der Waals surface area contributed by atoms with Crippen molar-refractivity contribution < 1.29 is 14.3 Å². The molecule has 2 rings (SSSR count). The van der Waals surface area contributed by atoms with Crippen molar-refractivity contribution in [3.05, 3.63) is 51.2 Å². The Morgan fingerprint density at radius 2 is 2.14 bits per heavy atom. The van der Waals surface area contributed by atoms with Crippen molar-refractivity contribution in [1.82, 2.24) is 0 Å². The minimum atomic E-state index is -0.420. The maximum Gasteiger partial charge on any atom is 0.310 e. The monoisotopic (exact) mass is 323 g/mol. The molecule has 0 aliphatic rings. The number of anilines is 1. The summed E-state index contributed by atoms with van der Waals surface area (Å²) in [6, 6.07) is 7.00. The van der Waals surface area contributed by atoms with E-state index in [0.717, 1.165) is 11.1 Å². The Labute approximate surface area is 131 Å². The zero-order valence-corrected chi connectivity index (χ0v) is 13.0. The van der Waals surface area contributed by atoms with Gasteiger partial charge in [-0.25, -0.2) is 0 Å². The number of ether oxygens (including phenoxy) is 1. The number of halogens is 1. The summed E-state index contributed by atoms with van der Waals surface area (Å²) < 4.78 is 4.94. The molecule has 1 amide bonds. The molecule has 0 aliphatic carbocycles. The Balaban J connectivity index is 1.80. The van der Waals surface area contributed by atoms with Crippen LogP contribution in [0.2, 0.25) is 5.02 Å². The van der Waals surface area contributed by atoms with Crippen LogP contribution in [0.15, 0.2) is 35.0 Å². The van der Waals surface area contributed by atoms with Crippen LogP contribution in [0.5, 0.6) is 0 Å². The number of hydrogen-bond donors (Lipinski definition) is 1. The normalized spacial score (nSPS) is 10.2. The van der Waals surface area contributed by atoms with Crippen LogP contribution in [-0.4, -0.2) is 18.5 Å². The third-order valence-electron chi connectivity index (χ3n) is 2.76. The van der Waals surface area contributed by atoms with Crippen LogP contribution in [0.1, 0.15) is 11.1 Å². The van der Waals surface area contributed by atoms with Gasteiger partial charge >= 0.3 is 5.97 Å². The number of esters is 1. The molecule has 0 spiro atoms. The van der Waals surface area contributed by atoms with Crippen molar-refractivity contribution in [1.29, 1.82) is 0 Å². The van der Waals surface area contributed by atoms with Crippen LogP contribution in [0.4, 0.5) is 5.69 Å². The molecule has 1 aromatic heterocycles. The number of hydrogen-bond acceptors (Lipinski definition) is 4. The Morgan fingerprint density at radius 1 is 1.33 bits per heavy atom. The van der Waals surface area contributed by atoms with Crippen LogP contribution in [0.25, 0.3) is 0 Å². The standard InChI is InChI=1S/C15H14ClNO3S/c1-10-6-12(16)2-3-13(10)17-14(18)8-20-15(19)7-11-4-5-21-9-11/h2-6,9H,7-8H2,1H3,(H,17,18). The van der Waals surface area contributed by atoms with E-state index in [4.69, 9.17) is 16.3 Å². The van der Waals surface area contributed by atoms with Gasteiger partial charge in [0.25, 0.3) is 5.91 Å². The molecular formula is C15H14ClNO3S. The second-order valence-electron chi connectivity index (χ2n) is 4.48. The third kappa shape index (κ3) is 4.88. The maximum absolute atomic E-state index is 11.7. The Morgan fingerprint density at radius 3 is 2.81 bits per heavy atom. The van der Waals surface area contributed by atoms with Gasteiger partial charge in [-0.15, -0.1) is 0 Å². The molecular weight excluding hydrogens is 310 g/mol. The average molecular weight is 324 g/mol. The van der Waals surface area contributed by atoms with E-state index in [9.17, 15) is 9.59 Å². The van der Waals surface area contributed by atoms with Crippen molar-refractivity contribution in [2.24, 2.45) is 0 Å². The predicted octanol–water partition coefficient (Wildman–Crippen LogP) is 3.43. The highest BCUT2D eigenvalue weighted by Crippen LogP contribution is 2.19. The summed E-state index contributed by atoms with van der Waals surface area (Å²) in [5.74, 6) is -0.796. The first-order valence-corrected chi connectivity index (χ1v) is 7.59. The number of rotatable bonds is 5. The lowest BCUT2D eigenvalue weighted by Gasteiger charge is -2.09. The molecule has 0 unspecified atom stereocenters.